The Morgan fingerprint density at radius 1 is 1.30 bits per heavy atom. The molecule has 0 saturated heterocycles. The number of carbonyl (C=O) groups excluding carboxylic acids is 1. The standard InChI is InChI=1S/C16H21NO3/c1-4-9-17(11-16(19)20)15(18)8-7-14-6-5-12(2)10-13(14)3/h5-8,10H,4,9,11H2,1-3H3,(H,19,20)/b8-7+. The molecule has 4 nitrogen and oxygen atoms in total. The summed E-state index contributed by atoms with van der Waals surface area (Å²) in [4.78, 5) is 24.1. The van der Waals surface area contributed by atoms with Crippen molar-refractivity contribution in [2.75, 3.05) is 13.1 Å². The van der Waals surface area contributed by atoms with Crippen LogP contribution in [0.4, 0.5) is 0 Å². The minimum atomic E-state index is -0.994. The van der Waals surface area contributed by atoms with Crippen molar-refractivity contribution in [2.45, 2.75) is 27.2 Å². The van der Waals surface area contributed by atoms with E-state index in [9.17, 15) is 9.59 Å². The number of aryl methyl sites for hydroxylation is 2. The van der Waals surface area contributed by atoms with E-state index in [1.165, 1.54) is 16.5 Å². The van der Waals surface area contributed by atoms with Crippen molar-refractivity contribution >= 4 is 18.0 Å². The molecule has 0 unspecified atom stereocenters. The molecule has 108 valence electrons. The summed E-state index contributed by atoms with van der Waals surface area (Å²) in [5.41, 5.74) is 3.23. The third-order valence-corrected chi connectivity index (χ3v) is 2.96. The quantitative estimate of drug-likeness (QED) is 0.812. The molecule has 0 aliphatic rings. The summed E-state index contributed by atoms with van der Waals surface area (Å²) in [6, 6.07) is 5.99. The lowest BCUT2D eigenvalue weighted by Crippen LogP contribution is -2.35. The van der Waals surface area contributed by atoms with Gasteiger partial charge in [0.15, 0.2) is 0 Å². The molecule has 0 heterocycles. The Morgan fingerprint density at radius 2 is 2.00 bits per heavy atom. The minimum Gasteiger partial charge on any atom is -0.480 e. The Bertz CT molecular complexity index is 520. The fourth-order valence-corrected chi connectivity index (χ4v) is 1.98. The van der Waals surface area contributed by atoms with Crippen molar-refractivity contribution in [1.82, 2.24) is 4.90 Å². The van der Waals surface area contributed by atoms with Crippen molar-refractivity contribution in [3.8, 4) is 0 Å². The van der Waals surface area contributed by atoms with E-state index in [-0.39, 0.29) is 12.5 Å². The maximum Gasteiger partial charge on any atom is 0.323 e. The van der Waals surface area contributed by atoms with Crippen molar-refractivity contribution in [3.05, 3.63) is 41.0 Å². The van der Waals surface area contributed by atoms with Crippen LogP contribution in [0.2, 0.25) is 0 Å². The van der Waals surface area contributed by atoms with Crippen LogP contribution in [-0.4, -0.2) is 35.0 Å². The first-order valence-corrected chi connectivity index (χ1v) is 6.70. The molecule has 0 spiro atoms. The molecule has 0 aliphatic heterocycles. The van der Waals surface area contributed by atoms with Crippen molar-refractivity contribution in [3.63, 3.8) is 0 Å². The molecule has 0 aliphatic carbocycles. The smallest absolute Gasteiger partial charge is 0.323 e. The monoisotopic (exact) mass is 275 g/mol. The molecule has 0 radical (unpaired) electrons. The number of amides is 1. The molecule has 0 saturated carbocycles. The SMILES string of the molecule is CCCN(CC(=O)O)C(=O)/C=C/c1ccc(C)cc1C. The third-order valence-electron chi connectivity index (χ3n) is 2.96. The van der Waals surface area contributed by atoms with Gasteiger partial charge in [0.2, 0.25) is 5.91 Å². The fraction of sp³-hybridized carbons (Fsp3) is 0.375. The summed E-state index contributed by atoms with van der Waals surface area (Å²) in [6.07, 6.45) is 3.91. The molecule has 0 fully saturated rings. The number of nitrogens with zero attached hydrogens (tertiary/aromatic N) is 1. The van der Waals surface area contributed by atoms with E-state index in [0.717, 1.165) is 17.5 Å². The zero-order chi connectivity index (χ0) is 15.1. The molecule has 1 amide bonds. The van der Waals surface area contributed by atoms with E-state index >= 15 is 0 Å². The first kappa shape index (κ1) is 16.0. The highest BCUT2D eigenvalue weighted by molar-refractivity contribution is 5.93. The normalized spacial score (nSPS) is 10.8. The minimum absolute atomic E-state index is 0.260. The first-order chi connectivity index (χ1) is 9.43. The van der Waals surface area contributed by atoms with Crippen LogP contribution in [0.1, 0.15) is 30.0 Å². The lowest BCUT2D eigenvalue weighted by Gasteiger charge is -2.17. The van der Waals surface area contributed by atoms with Gasteiger partial charge in [-0.15, -0.1) is 0 Å². The number of hydrogen-bond acceptors (Lipinski definition) is 2. The second-order valence-corrected chi connectivity index (χ2v) is 4.85. The predicted molar refractivity (Wildman–Crippen MR) is 79.5 cm³/mol. The lowest BCUT2D eigenvalue weighted by atomic mass is 10.1. The highest BCUT2D eigenvalue weighted by Gasteiger charge is 2.13. The molecule has 1 aromatic carbocycles. The average molecular weight is 275 g/mol. The highest BCUT2D eigenvalue weighted by Crippen LogP contribution is 2.12. The van der Waals surface area contributed by atoms with Crippen molar-refractivity contribution in [1.29, 1.82) is 0 Å². The third kappa shape index (κ3) is 4.88. The molecule has 0 aromatic heterocycles. The molecular formula is C16H21NO3. The van der Waals surface area contributed by atoms with Gasteiger partial charge in [-0.1, -0.05) is 30.7 Å². The molecule has 4 heteroatoms. The van der Waals surface area contributed by atoms with Gasteiger partial charge >= 0.3 is 5.97 Å². The van der Waals surface area contributed by atoms with Gasteiger partial charge in [0.25, 0.3) is 0 Å². The Kier molecular flexibility index (Phi) is 5.97. The maximum atomic E-state index is 12.0. The second kappa shape index (κ2) is 7.48. The van der Waals surface area contributed by atoms with Crippen LogP contribution in [0.5, 0.6) is 0 Å². The molecule has 1 N–H and O–H groups in total. The molecule has 0 bridgehead atoms. The first-order valence-electron chi connectivity index (χ1n) is 6.70. The molecule has 20 heavy (non-hydrogen) atoms. The van der Waals surface area contributed by atoms with E-state index in [4.69, 9.17) is 5.11 Å². The molecule has 1 aromatic rings. The van der Waals surface area contributed by atoms with Gasteiger partial charge in [-0.25, -0.2) is 0 Å². The van der Waals surface area contributed by atoms with Gasteiger partial charge < -0.3 is 10.0 Å². The zero-order valence-corrected chi connectivity index (χ0v) is 12.2. The lowest BCUT2D eigenvalue weighted by molar-refractivity contribution is -0.142. The van der Waals surface area contributed by atoms with E-state index in [0.29, 0.717) is 6.54 Å². The number of rotatable bonds is 6. The van der Waals surface area contributed by atoms with Crippen LogP contribution in [0.3, 0.4) is 0 Å². The summed E-state index contributed by atoms with van der Waals surface area (Å²) < 4.78 is 0. The number of benzene rings is 1. The number of hydrogen-bond donors (Lipinski definition) is 1. The van der Waals surface area contributed by atoms with Gasteiger partial charge in [-0.3, -0.25) is 9.59 Å². The largest absolute Gasteiger partial charge is 0.480 e. The Hall–Kier alpha value is -2.10. The van der Waals surface area contributed by atoms with Crippen LogP contribution in [0.25, 0.3) is 6.08 Å². The van der Waals surface area contributed by atoms with Gasteiger partial charge in [-0.2, -0.15) is 0 Å². The zero-order valence-electron chi connectivity index (χ0n) is 12.2. The van der Waals surface area contributed by atoms with Gasteiger partial charge in [0.05, 0.1) is 0 Å². The summed E-state index contributed by atoms with van der Waals surface area (Å²) >= 11 is 0. The Balaban J connectivity index is 2.80. The summed E-state index contributed by atoms with van der Waals surface area (Å²) in [6.45, 7) is 6.10. The number of carboxylic acids is 1. The van der Waals surface area contributed by atoms with Gasteiger partial charge in [0, 0.05) is 12.6 Å². The second-order valence-electron chi connectivity index (χ2n) is 4.85. The summed E-state index contributed by atoms with van der Waals surface area (Å²) in [5.74, 6) is -1.26. The number of carbonyl (C=O) groups is 2. The molecule has 1 rings (SSSR count). The molecule has 0 atom stereocenters. The Morgan fingerprint density at radius 3 is 2.55 bits per heavy atom. The van der Waals surface area contributed by atoms with E-state index < -0.39 is 5.97 Å². The van der Waals surface area contributed by atoms with E-state index in [2.05, 4.69) is 0 Å². The Labute approximate surface area is 119 Å². The van der Waals surface area contributed by atoms with Crippen LogP contribution >= 0.6 is 0 Å². The van der Waals surface area contributed by atoms with Gasteiger partial charge in [0.1, 0.15) is 6.54 Å². The van der Waals surface area contributed by atoms with E-state index in [1.807, 2.05) is 39.0 Å². The van der Waals surface area contributed by atoms with E-state index in [1.54, 1.807) is 6.08 Å². The van der Waals surface area contributed by atoms with Crippen LogP contribution in [0, 0.1) is 13.8 Å². The topological polar surface area (TPSA) is 57.6 Å². The number of carboxylic acid groups (broad SMARTS) is 1. The highest BCUT2D eigenvalue weighted by atomic mass is 16.4. The summed E-state index contributed by atoms with van der Waals surface area (Å²) in [5, 5.41) is 8.80. The van der Waals surface area contributed by atoms with Crippen molar-refractivity contribution in [2.24, 2.45) is 0 Å². The van der Waals surface area contributed by atoms with Crippen LogP contribution < -0.4 is 0 Å². The molecular weight excluding hydrogens is 254 g/mol. The number of aliphatic carboxylic acids is 1. The van der Waals surface area contributed by atoms with Crippen LogP contribution in [0.15, 0.2) is 24.3 Å². The summed E-state index contributed by atoms with van der Waals surface area (Å²) in [7, 11) is 0. The van der Waals surface area contributed by atoms with Gasteiger partial charge in [-0.05, 0) is 37.5 Å². The predicted octanol–water partition coefficient (Wildman–Crippen LogP) is 2.64. The maximum absolute atomic E-state index is 12.0. The fourth-order valence-electron chi connectivity index (χ4n) is 1.98. The average Bonchev–Trinajstić information content (AvgIpc) is 2.36. The van der Waals surface area contributed by atoms with Crippen LogP contribution in [-0.2, 0) is 9.59 Å². The van der Waals surface area contributed by atoms with Crippen molar-refractivity contribution < 1.29 is 14.7 Å².